The highest BCUT2D eigenvalue weighted by Gasteiger charge is 2.26. The second-order valence-electron chi connectivity index (χ2n) is 5.06. The molecule has 2 amide bonds. The Kier molecular flexibility index (Phi) is 9.03. The summed E-state index contributed by atoms with van der Waals surface area (Å²) in [6, 6.07) is -1.61. The summed E-state index contributed by atoms with van der Waals surface area (Å²) in [5, 5.41) is 14.1. The van der Waals surface area contributed by atoms with E-state index < -0.39 is 24.0 Å². The number of carboxylic acid groups (broad SMARTS) is 1. The zero-order valence-corrected chi connectivity index (χ0v) is 13.3. The number of nitrogens with one attached hydrogen (secondary N) is 2. The van der Waals surface area contributed by atoms with Crippen molar-refractivity contribution < 1.29 is 19.5 Å². The van der Waals surface area contributed by atoms with Crippen LogP contribution in [-0.2, 0) is 14.4 Å². The highest BCUT2D eigenvalue weighted by molar-refractivity contribution is 7.98. The lowest BCUT2D eigenvalue weighted by Crippen LogP contribution is -2.51. The molecule has 0 aliphatic heterocycles. The molecule has 0 aromatic heterocycles. The van der Waals surface area contributed by atoms with Gasteiger partial charge in [-0.05, 0) is 30.8 Å². The van der Waals surface area contributed by atoms with Gasteiger partial charge in [-0.1, -0.05) is 13.8 Å². The number of carbonyl (C=O) groups excluding carboxylic acids is 2. The number of carboxylic acids is 1. The van der Waals surface area contributed by atoms with E-state index in [0.717, 1.165) is 0 Å². The smallest absolute Gasteiger partial charge is 0.326 e. The van der Waals surface area contributed by atoms with Gasteiger partial charge in [-0.15, -0.1) is 0 Å². The van der Waals surface area contributed by atoms with E-state index in [4.69, 9.17) is 5.11 Å². The number of hydrogen-bond donors (Lipinski definition) is 3. The van der Waals surface area contributed by atoms with Crippen LogP contribution in [0.25, 0.3) is 0 Å². The summed E-state index contributed by atoms with van der Waals surface area (Å²) >= 11 is 1.52. The third-order valence-corrected chi connectivity index (χ3v) is 3.27. The molecule has 0 aliphatic carbocycles. The highest BCUT2D eigenvalue weighted by atomic mass is 32.2. The largest absolute Gasteiger partial charge is 0.480 e. The monoisotopic (exact) mass is 304 g/mol. The first-order valence-electron chi connectivity index (χ1n) is 6.57. The van der Waals surface area contributed by atoms with Gasteiger partial charge in [0, 0.05) is 6.92 Å². The molecule has 0 heterocycles. The maximum absolute atomic E-state index is 12.1. The number of hydrogen-bond acceptors (Lipinski definition) is 4. The van der Waals surface area contributed by atoms with Gasteiger partial charge >= 0.3 is 5.97 Å². The van der Waals surface area contributed by atoms with E-state index >= 15 is 0 Å². The van der Waals surface area contributed by atoms with Crippen molar-refractivity contribution in [3.63, 3.8) is 0 Å². The molecule has 3 N–H and O–H groups in total. The van der Waals surface area contributed by atoms with Crippen LogP contribution in [0.5, 0.6) is 0 Å². The quantitative estimate of drug-likeness (QED) is 0.587. The zero-order valence-electron chi connectivity index (χ0n) is 12.4. The van der Waals surface area contributed by atoms with Gasteiger partial charge in [-0.3, -0.25) is 9.59 Å². The van der Waals surface area contributed by atoms with Crippen molar-refractivity contribution in [3.05, 3.63) is 0 Å². The fourth-order valence-electron chi connectivity index (χ4n) is 1.71. The second kappa shape index (κ2) is 9.63. The van der Waals surface area contributed by atoms with Gasteiger partial charge in [0.1, 0.15) is 12.1 Å². The van der Waals surface area contributed by atoms with Crippen LogP contribution >= 0.6 is 11.8 Å². The highest BCUT2D eigenvalue weighted by Crippen LogP contribution is 2.07. The van der Waals surface area contributed by atoms with Crippen molar-refractivity contribution in [1.82, 2.24) is 10.6 Å². The van der Waals surface area contributed by atoms with E-state index in [1.165, 1.54) is 18.7 Å². The molecule has 0 fully saturated rings. The maximum atomic E-state index is 12.1. The average molecular weight is 304 g/mol. The number of carbonyl (C=O) groups is 3. The Morgan fingerprint density at radius 1 is 1.15 bits per heavy atom. The standard InChI is InChI=1S/C13H24N2O4S/c1-8(2)7-11(14-9(3)16)12(17)15-10(13(18)19)5-6-20-4/h8,10-11H,5-7H2,1-4H3,(H,14,16)(H,15,17)(H,18,19)/t10-,11-/m0/s1. The van der Waals surface area contributed by atoms with Crippen LogP contribution in [0.1, 0.15) is 33.6 Å². The third-order valence-electron chi connectivity index (χ3n) is 2.63. The molecular weight excluding hydrogens is 280 g/mol. The van der Waals surface area contributed by atoms with Crippen LogP contribution in [0, 0.1) is 5.92 Å². The Morgan fingerprint density at radius 2 is 1.75 bits per heavy atom. The SMILES string of the molecule is CSCC[C@H](NC(=O)[C@H](CC(C)C)NC(C)=O)C(=O)O. The normalized spacial score (nSPS) is 13.7. The van der Waals surface area contributed by atoms with Gasteiger partial charge in [0.05, 0.1) is 0 Å². The van der Waals surface area contributed by atoms with E-state index in [-0.39, 0.29) is 11.8 Å². The fourth-order valence-corrected chi connectivity index (χ4v) is 2.19. The minimum absolute atomic E-state index is 0.215. The Balaban J connectivity index is 4.68. The first-order valence-corrected chi connectivity index (χ1v) is 7.96. The van der Waals surface area contributed by atoms with Crippen LogP contribution in [-0.4, -0.2) is 47.0 Å². The van der Waals surface area contributed by atoms with Crippen molar-refractivity contribution in [2.75, 3.05) is 12.0 Å². The number of rotatable bonds is 9. The number of thioether (sulfide) groups is 1. The molecule has 0 saturated heterocycles. The number of amides is 2. The predicted molar refractivity (Wildman–Crippen MR) is 79.6 cm³/mol. The molecule has 2 atom stereocenters. The van der Waals surface area contributed by atoms with E-state index in [1.54, 1.807) is 0 Å². The first-order chi connectivity index (χ1) is 9.27. The second-order valence-corrected chi connectivity index (χ2v) is 6.05. The molecule has 116 valence electrons. The topological polar surface area (TPSA) is 95.5 Å². The summed E-state index contributed by atoms with van der Waals surface area (Å²) in [5.74, 6) is -0.943. The van der Waals surface area contributed by atoms with Gasteiger partial charge in [-0.2, -0.15) is 11.8 Å². The molecule has 6 nitrogen and oxygen atoms in total. The summed E-state index contributed by atoms with van der Waals surface area (Å²) in [6.45, 7) is 5.21. The molecule has 0 unspecified atom stereocenters. The molecule has 0 saturated carbocycles. The lowest BCUT2D eigenvalue weighted by Gasteiger charge is -2.22. The zero-order chi connectivity index (χ0) is 15.7. The Hall–Kier alpha value is -1.24. The van der Waals surface area contributed by atoms with Crippen molar-refractivity contribution in [3.8, 4) is 0 Å². The first kappa shape index (κ1) is 18.8. The van der Waals surface area contributed by atoms with Crippen molar-refractivity contribution in [2.45, 2.75) is 45.7 Å². The van der Waals surface area contributed by atoms with Crippen molar-refractivity contribution >= 4 is 29.5 Å². The van der Waals surface area contributed by atoms with Crippen molar-refractivity contribution in [2.24, 2.45) is 5.92 Å². The Labute approximate surface area is 124 Å². The van der Waals surface area contributed by atoms with Crippen LogP contribution in [0.4, 0.5) is 0 Å². The summed E-state index contributed by atoms with van der Waals surface area (Å²) in [6.07, 6.45) is 2.70. The molecule has 0 aliphatic rings. The number of aliphatic carboxylic acids is 1. The Bertz CT molecular complexity index is 347. The van der Waals surface area contributed by atoms with Gasteiger partial charge in [-0.25, -0.2) is 4.79 Å². The van der Waals surface area contributed by atoms with Crippen LogP contribution < -0.4 is 10.6 Å². The Morgan fingerprint density at radius 3 is 2.15 bits per heavy atom. The molecule has 0 aromatic rings. The summed E-state index contributed by atoms with van der Waals surface area (Å²) in [7, 11) is 0. The molecule has 0 aromatic carbocycles. The molecule has 0 bridgehead atoms. The van der Waals surface area contributed by atoms with E-state index in [0.29, 0.717) is 18.6 Å². The maximum Gasteiger partial charge on any atom is 0.326 e. The van der Waals surface area contributed by atoms with Gasteiger partial charge in [0.25, 0.3) is 0 Å². The van der Waals surface area contributed by atoms with E-state index in [1.807, 2.05) is 20.1 Å². The van der Waals surface area contributed by atoms with Crippen molar-refractivity contribution in [1.29, 1.82) is 0 Å². The molecule has 0 spiro atoms. The average Bonchev–Trinajstić information content (AvgIpc) is 2.31. The van der Waals surface area contributed by atoms with Gasteiger partial charge < -0.3 is 15.7 Å². The van der Waals surface area contributed by atoms with E-state index in [9.17, 15) is 14.4 Å². The van der Waals surface area contributed by atoms with Crippen LogP contribution in [0.2, 0.25) is 0 Å². The lowest BCUT2D eigenvalue weighted by atomic mass is 10.0. The summed E-state index contributed by atoms with van der Waals surface area (Å²) < 4.78 is 0. The minimum Gasteiger partial charge on any atom is -0.480 e. The molecule has 20 heavy (non-hydrogen) atoms. The van der Waals surface area contributed by atoms with Gasteiger partial charge in [0.2, 0.25) is 11.8 Å². The van der Waals surface area contributed by atoms with E-state index in [2.05, 4.69) is 10.6 Å². The summed E-state index contributed by atoms with van der Waals surface area (Å²) in [4.78, 5) is 34.3. The third kappa shape index (κ3) is 8.04. The van der Waals surface area contributed by atoms with Crippen LogP contribution in [0.3, 0.4) is 0 Å². The molecule has 7 heteroatoms. The molecule has 0 rings (SSSR count). The predicted octanol–water partition coefficient (Wildman–Crippen LogP) is 0.860. The lowest BCUT2D eigenvalue weighted by molar-refractivity contribution is -0.142. The fraction of sp³-hybridized carbons (Fsp3) is 0.769. The molecular formula is C13H24N2O4S. The minimum atomic E-state index is -1.06. The summed E-state index contributed by atoms with van der Waals surface area (Å²) in [5.41, 5.74) is 0. The van der Waals surface area contributed by atoms with Crippen LogP contribution in [0.15, 0.2) is 0 Å². The van der Waals surface area contributed by atoms with Gasteiger partial charge in [0.15, 0.2) is 0 Å². The molecule has 0 radical (unpaired) electrons.